The summed E-state index contributed by atoms with van der Waals surface area (Å²) in [5.74, 6) is 0.746. The standard InChI is InChI=1S/C12H16O/c1-5-11-9(2)7-6-8-12(11)10(3)13-4/h5H,1-3,6-8H2,4H3. The van der Waals surface area contributed by atoms with E-state index in [4.69, 9.17) is 4.74 Å². The van der Waals surface area contributed by atoms with Gasteiger partial charge >= 0.3 is 0 Å². The van der Waals surface area contributed by atoms with Crippen molar-refractivity contribution in [2.24, 2.45) is 0 Å². The molecular formula is C12H16O. The maximum Gasteiger partial charge on any atom is 0.115 e. The highest BCUT2D eigenvalue weighted by Crippen LogP contribution is 2.32. The lowest BCUT2D eigenvalue weighted by Crippen LogP contribution is -2.03. The molecule has 1 heteroatoms. The highest BCUT2D eigenvalue weighted by molar-refractivity contribution is 5.48. The first-order chi connectivity index (χ1) is 6.20. The van der Waals surface area contributed by atoms with Crippen molar-refractivity contribution >= 4 is 0 Å². The maximum atomic E-state index is 5.13. The predicted molar refractivity (Wildman–Crippen MR) is 56.4 cm³/mol. The molecule has 0 spiro atoms. The molecule has 0 radical (unpaired) electrons. The highest BCUT2D eigenvalue weighted by Gasteiger charge is 2.15. The fourth-order valence-corrected chi connectivity index (χ4v) is 1.64. The average Bonchev–Trinajstić information content (AvgIpc) is 2.16. The number of hydrogen-bond donors (Lipinski definition) is 0. The molecule has 0 atom stereocenters. The van der Waals surface area contributed by atoms with E-state index in [2.05, 4.69) is 19.7 Å². The zero-order valence-corrected chi connectivity index (χ0v) is 8.23. The Morgan fingerprint density at radius 1 is 1.46 bits per heavy atom. The minimum atomic E-state index is 0.746. The van der Waals surface area contributed by atoms with E-state index in [9.17, 15) is 0 Å². The van der Waals surface area contributed by atoms with Gasteiger partial charge in [0.2, 0.25) is 0 Å². The Morgan fingerprint density at radius 3 is 2.69 bits per heavy atom. The van der Waals surface area contributed by atoms with Crippen molar-refractivity contribution in [3.05, 3.63) is 48.3 Å². The van der Waals surface area contributed by atoms with E-state index in [-0.39, 0.29) is 0 Å². The normalized spacial score (nSPS) is 17.2. The molecule has 13 heavy (non-hydrogen) atoms. The van der Waals surface area contributed by atoms with Crippen molar-refractivity contribution < 1.29 is 4.74 Å². The molecule has 0 saturated carbocycles. The zero-order chi connectivity index (χ0) is 9.84. The van der Waals surface area contributed by atoms with Crippen molar-refractivity contribution in [1.82, 2.24) is 0 Å². The molecule has 70 valence electrons. The van der Waals surface area contributed by atoms with Gasteiger partial charge < -0.3 is 4.74 Å². The average molecular weight is 176 g/mol. The second-order valence-corrected chi connectivity index (χ2v) is 3.18. The topological polar surface area (TPSA) is 9.23 Å². The van der Waals surface area contributed by atoms with Crippen molar-refractivity contribution in [3.8, 4) is 0 Å². The summed E-state index contributed by atoms with van der Waals surface area (Å²) in [5, 5.41) is 0. The smallest absolute Gasteiger partial charge is 0.115 e. The molecule has 1 rings (SSSR count). The zero-order valence-electron chi connectivity index (χ0n) is 8.23. The fraction of sp³-hybridized carbons (Fsp3) is 0.333. The van der Waals surface area contributed by atoms with Crippen LogP contribution in [0.1, 0.15) is 19.3 Å². The number of hydrogen-bond acceptors (Lipinski definition) is 1. The van der Waals surface area contributed by atoms with Crippen molar-refractivity contribution in [2.45, 2.75) is 19.3 Å². The molecule has 0 aromatic heterocycles. The first kappa shape index (κ1) is 9.85. The predicted octanol–water partition coefficient (Wildman–Crippen LogP) is 3.37. The lowest BCUT2D eigenvalue weighted by atomic mass is 9.87. The van der Waals surface area contributed by atoms with Gasteiger partial charge in [-0.2, -0.15) is 0 Å². The van der Waals surface area contributed by atoms with Crippen LogP contribution in [-0.2, 0) is 4.74 Å². The van der Waals surface area contributed by atoms with Crippen molar-refractivity contribution in [2.75, 3.05) is 7.11 Å². The summed E-state index contributed by atoms with van der Waals surface area (Å²) < 4.78 is 5.13. The summed E-state index contributed by atoms with van der Waals surface area (Å²) in [5.41, 5.74) is 3.43. The van der Waals surface area contributed by atoms with Crippen LogP contribution in [-0.4, -0.2) is 7.11 Å². The lowest BCUT2D eigenvalue weighted by molar-refractivity contribution is 0.298. The monoisotopic (exact) mass is 176 g/mol. The molecule has 0 fully saturated rings. The first-order valence-electron chi connectivity index (χ1n) is 4.47. The Bertz CT molecular complexity index is 281. The minimum absolute atomic E-state index is 0.746. The van der Waals surface area contributed by atoms with E-state index >= 15 is 0 Å². The van der Waals surface area contributed by atoms with Crippen LogP contribution in [0.4, 0.5) is 0 Å². The molecule has 1 nitrogen and oxygen atoms in total. The number of allylic oxidation sites excluding steroid dienone is 4. The van der Waals surface area contributed by atoms with Gasteiger partial charge in [0.25, 0.3) is 0 Å². The third-order valence-corrected chi connectivity index (χ3v) is 2.40. The molecule has 0 amide bonds. The van der Waals surface area contributed by atoms with Gasteiger partial charge in [-0.05, 0) is 30.4 Å². The van der Waals surface area contributed by atoms with Crippen LogP contribution in [0.5, 0.6) is 0 Å². The summed E-state index contributed by atoms with van der Waals surface area (Å²) >= 11 is 0. The van der Waals surface area contributed by atoms with Gasteiger partial charge in [-0.1, -0.05) is 25.8 Å². The number of rotatable bonds is 3. The van der Waals surface area contributed by atoms with Gasteiger partial charge in [-0.25, -0.2) is 0 Å². The van der Waals surface area contributed by atoms with Crippen LogP contribution in [0, 0.1) is 0 Å². The van der Waals surface area contributed by atoms with Crippen LogP contribution in [0.25, 0.3) is 0 Å². The van der Waals surface area contributed by atoms with Gasteiger partial charge in [-0.3, -0.25) is 0 Å². The van der Waals surface area contributed by atoms with E-state index in [0.717, 1.165) is 41.7 Å². The highest BCUT2D eigenvalue weighted by atomic mass is 16.5. The Balaban J connectivity index is 3.06. The maximum absolute atomic E-state index is 5.13. The third kappa shape index (κ3) is 1.92. The Morgan fingerprint density at radius 2 is 2.15 bits per heavy atom. The van der Waals surface area contributed by atoms with Gasteiger partial charge in [0.15, 0.2) is 0 Å². The van der Waals surface area contributed by atoms with Crippen LogP contribution >= 0.6 is 0 Å². The Hall–Kier alpha value is -1.24. The molecule has 1 aliphatic rings. The Labute approximate surface area is 80.1 Å². The summed E-state index contributed by atoms with van der Waals surface area (Å²) in [4.78, 5) is 0. The molecule has 0 bridgehead atoms. The Kier molecular flexibility index (Phi) is 3.13. The molecule has 0 aromatic rings. The minimum Gasteiger partial charge on any atom is -0.497 e. The van der Waals surface area contributed by atoms with Crippen molar-refractivity contribution in [1.29, 1.82) is 0 Å². The molecule has 0 N–H and O–H groups in total. The van der Waals surface area contributed by atoms with Gasteiger partial charge in [0.05, 0.1) is 7.11 Å². The van der Waals surface area contributed by atoms with E-state index in [1.165, 1.54) is 0 Å². The summed E-state index contributed by atoms with van der Waals surface area (Å²) in [6.45, 7) is 11.7. The van der Waals surface area contributed by atoms with Gasteiger partial charge in [0, 0.05) is 5.57 Å². The summed E-state index contributed by atoms with van der Waals surface area (Å²) in [6.07, 6.45) is 5.06. The van der Waals surface area contributed by atoms with Crippen LogP contribution in [0.2, 0.25) is 0 Å². The number of ether oxygens (including phenoxy) is 1. The van der Waals surface area contributed by atoms with Crippen molar-refractivity contribution in [3.63, 3.8) is 0 Å². The molecule has 0 saturated heterocycles. The molecular weight excluding hydrogens is 160 g/mol. The van der Waals surface area contributed by atoms with Gasteiger partial charge in [0.1, 0.15) is 5.76 Å². The SMILES string of the molecule is C=CC1=C(C(=C)OC)CCCC1=C. The molecule has 0 aromatic carbocycles. The second kappa shape index (κ2) is 4.13. The molecule has 0 aliphatic heterocycles. The summed E-state index contributed by atoms with van der Waals surface area (Å²) in [7, 11) is 1.65. The van der Waals surface area contributed by atoms with E-state index in [1.54, 1.807) is 7.11 Å². The van der Waals surface area contributed by atoms with E-state index in [1.807, 2.05) is 6.08 Å². The largest absolute Gasteiger partial charge is 0.497 e. The fourth-order valence-electron chi connectivity index (χ4n) is 1.64. The summed E-state index contributed by atoms with van der Waals surface area (Å²) in [6, 6.07) is 0. The van der Waals surface area contributed by atoms with Crippen LogP contribution < -0.4 is 0 Å². The van der Waals surface area contributed by atoms with E-state index < -0.39 is 0 Å². The van der Waals surface area contributed by atoms with Crippen LogP contribution in [0.15, 0.2) is 48.3 Å². The first-order valence-corrected chi connectivity index (χ1v) is 4.47. The third-order valence-electron chi connectivity index (χ3n) is 2.40. The molecule has 1 aliphatic carbocycles. The molecule has 0 unspecified atom stereocenters. The lowest BCUT2D eigenvalue weighted by Gasteiger charge is -2.20. The quantitative estimate of drug-likeness (QED) is 0.599. The van der Waals surface area contributed by atoms with Crippen LogP contribution in [0.3, 0.4) is 0 Å². The number of methoxy groups -OCH3 is 1. The molecule has 0 heterocycles. The van der Waals surface area contributed by atoms with Gasteiger partial charge in [-0.15, -0.1) is 0 Å². The second-order valence-electron chi connectivity index (χ2n) is 3.18. The van der Waals surface area contributed by atoms with E-state index in [0.29, 0.717) is 0 Å².